The van der Waals surface area contributed by atoms with Gasteiger partial charge in [-0.3, -0.25) is 14.4 Å². The zero-order valence-electron chi connectivity index (χ0n) is 28.1. The Bertz CT molecular complexity index is 1780. The third-order valence-electron chi connectivity index (χ3n) is 12.3. The van der Waals surface area contributed by atoms with E-state index in [4.69, 9.17) is 0 Å². The number of amides is 3. The maximum Gasteiger partial charge on any atom is 0.251 e. The molecule has 2 aromatic carbocycles. The Morgan fingerprint density at radius 1 is 1.00 bits per heavy atom. The van der Waals surface area contributed by atoms with E-state index in [0.717, 1.165) is 60.8 Å². The Labute approximate surface area is 285 Å². The van der Waals surface area contributed by atoms with Crippen LogP contribution in [0, 0.1) is 22.7 Å². The molecule has 3 aromatic rings. The van der Waals surface area contributed by atoms with Crippen LogP contribution in [-0.4, -0.2) is 80.5 Å². The molecule has 1 unspecified atom stereocenters. The van der Waals surface area contributed by atoms with Gasteiger partial charge in [-0.15, -0.1) is 10.2 Å². The van der Waals surface area contributed by atoms with Gasteiger partial charge in [0.1, 0.15) is 6.04 Å². The number of aromatic nitrogens is 4. The fourth-order valence-electron chi connectivity index (χ4n) is 9.45. The second kappa shape index (κ2) is 11.8. The van der Waals surface area contributed by atoms with E-state index in [1.165, 1.54) is 0 Å². The summed E-state index contributed by atoms with van der Waals surface area (Å²) in [4.78, 5) is 41.8. The number of likely N-dealkylation sites (tertiary alicyclic amines) is 1. The van der Waals surface area contributed by atoms with Gasteiger partial charge in [-0.2, -0.15) is 10.5 Å². The van der Waals surface area contributed by atoms with Gasteiger partial charge < -0.3 is 20.9 Å². The van der Waals surface area contributed by atoms with Crippen LogP contribution in [-0.2, 0) is 23.1 Å². The van der Waals surface area contributed by atoms with Crippen molar-refractivity contribution < 1.29 is 14.4 Å². The largest absolute Gasteiger partial charge is 0.352 e. The number of nitrogens with zero attached hydrogens (tertiary/aromatic N) is 5. The van der Waals surface area contributed by atoms with Crippen LogP contribution in [0.4, 0.5) is 0 Å². The zero-order valence-corrected chi connectivity index (χ0v) is 28.1. The number of hydrogen-bond acceptors (Lipinski definition) is 8. The Morgan fingerprint density at radius 2 is 1.63 bits per heavy atom. The van der Waals surface area contributed by atoms with Gasteiger partial charge in [-0.1, -0.05) is 23.8 Å². The highest BCUT2D eigenvalue weighted by Crippen LogP contribution is 2.87. The number of benzene rings is 2. The minimum absolute atomic E-state index is 0.00110. The van der Waals surface area contributed by atoms with Crippen molar-refractivity contribution in [3.05, 3.63) is 75.6 Å². The number of aromatic amines is 1. The Morgan fingerprint density at radius 3 is 2.14 bits per heavy atom. The third-order valence-corrected chi connectivity index (χ3v) is 12.3. The predicted octanol–water partition coefficient (Wildman–Crippen LogP) is 2.94. The molecule has 1 aliphatic heterocycles. The monoisotopic (exact) mass is 661 g/mol. The van der Waals surface area contributed by atoms with E-state index in [0.29, 0.717) is 55.2 Å². The molecule has 0 radical (unpaired) electrons. The minimum Gasteiger partial charge on any atom is -0.352 e. The van der Waals surface area contributed by atoms with Gasteiger partial charge in [0, 0.05) is 35.7 Å². The van der Waals surface area contributed by atoms with Gasteiger partial charge >= 0.3 is 0 Å². The number of tetrazole rings is 1. The number of H-pyrrole nitrogens is 1. The molecule has 1 aromatic heterocycles. The van der Waals surface area contributed by atoms with Crippen LogP contribution < -0.4 is 16.0 Å². The van der Waals surface area contributed by atoms with Crippen LogP contribution in [0.5, 0.6) is 0 Å². The van der Waals surface area contributed by atoms with Crippen molar-refractivity contribution in [1.82, 2.24) is 41.5 Å². The van der Waals surface area contributed by atoms with Crippen molar-refractivity contribution in [2.45, 2.75) is 94.7 Å². The lowest BCUT2D eigenvalue weighted by Crippen LogP contribution is -2.52. The topological polar surface area (TPSA) is 169 Å². The molecule has 3 saturated carbocycles. The molecule has 4 N–H and O–H groups in total. The Kier molecular flexibility index (Phi) is 7.59. The van der Waals surface area contributed by atoms with Crippen molar-refractivity contribution in [2.75, 3.05) is 19.6 Å². The predicted molar refractivity (Wildman–Crippen MR) is 179 cm³/mol. The maximum atomic E-state index is 13.9. The molecule has 0 bridgehead atoms. The molecule has 12 nitrogen and oxygen atoms in total. The number of piperidine rings is 2. The zero-order chi connectivity index (χ0) is 34.0. The molecule has 8 rings (SSSR count). The van der Waals surface area contributed by atoms with Crippen LogP contribution in [0.15, 0.2) is 36.4 Å². The molecule has 254 valence electrons. The number of nitriles is 1. The van der Waals surface area contributed by atoms with E-state index in [9.17, 15) is 19.6 Å². The van der Waals surface area contributed by atoms with Gasteiger partial charge in [0.05, 0.1) is 23.6 Å². The van der Waals surface area contributed by atoms with Gasteiger partial charge in [0.2, 0.25) is 5.91 Å². The van der Waals surface area contributed by atoms with Crippen molar-refractivity contribution in [2.24, 2.45) is 11.3 Å². The highest BCUT2D eigenvalue weighted by molar-refractivity contribution is 5.95. The number of nitrogens with one attached hydrogen (secondary N) is 4. The Hall–Kier alpha value is -4.63. The first-order valence-electron chi connectivity index (χ1n) is 17.8. The standard InChI is InChI=1S/C37H43N9O3/c1-3-39-32(48)25-10-12-28-23(14-25)8-9-24-15-26(33(49)40-4-2)11-13-29(24)37(28,34-42-44-45-43-34)17-30(22-6-5-7-22)41-19-31(47)46-27(18-38)16-35-20-36(35,46)21-35/h10-15,22,27,30,41H,3-9,16-17,19-21H2,1-2H3,(H,39,48)(H,40,49)(H,42,43,44,45)/t27?,30-,35?,36?/m1/s1. The third kappa shape index (κ3) is 4.88. The molecule has 5 aliphatic rings. The summed E-state index contributed by atoms with van der Waals surface area (Å²) < 4.78 is 0. The SMILES string of the molecule is CCNC(=O)c1ccc2c(c1)CCc1cc(C(=O)NCC)ccc1C2(C[C@@H](NCC(=O)N1C(C#N)CC23CC12C3)C1CCC1)c1nn[nH]n1. The molecular formula is C37H43N9O3. The minimum atomic E-state index is -0.895. The van der Waals surface area contributed by atoms with Crippen LogP contribution in [0.3, 0.4) is 0 Å². The quantitative estimate of drug-likeness (QED) is 0.243. The summed E-state index contributed by atoms with van der Waals surface area (Å²) >= 11 is 0. The molecule has 49 heavy (non-hydrogen) atoms. The van der Waals surface area contributed by atoms with Crippen molar-refractivity contribution in [1.29, 1.82) is 5.26 Å². The van der Waals surface area contributed by atoms with E-state index in [-0.39, 0.29) is 47.3 Å². The lowest BCUT2D eigenvalue weighted by atomic mass is 9.64. The van der Waals surface area contributed by atoms with Crippen molar-refractivity contribution in [3.8, 4) is 6.07 Å². The van der Waals surface area contributed by atoms with Crippen molar-refractivity contribution >= 4 is 17.7 Å². The summed E-state index contributed by atoms with van der Waals surface area (Å²) in [7, 11) is 0. The van der Waals surface area contributed by atoms with Crippen molar-refractivity contribution in [3.63, 3.8) is 0 Å². The number of fused-ring (bicyclic) bond motifs is 2. The van der Waals surface area contributed by atoms with Gasteiger partial charge in [-0.05, 0) is 118 Å². The van der Waals surface area contributed by atoms with E-state index in [2.05, 4.69) is 42.6 Å². The summed E-state index contributed by atoms with van der Waals surface area (Å²) in [5.41, 5.74) is 4.42. The second-order valence-electron chi connectivity index (χ2n) is 14.8. The highest BCUT2D eigenvalue weighted by Gasteiger charge is 2.90. The number of aryl methyl sites for hydroxylation is 2. The fraction of sp³-hybridized carbons (Fsp3) is 0.541. The summed E-state index contributed by atoms with van der Waals surface area (Å²) in [6.45, 7) is 5.02. The van der Waals surface area contributed by atoms with E-state index in [1.807, 2.05) is 55.1 Å². The normalized spacial score (nSPS) is 26.1. The fourth-order valence-corrected chi connectivity index (χ4v) is 9.45. The van der Waals surface area contributed by atoms with Crippen LogP contribution >= 0.6 is 0 Å². The second-order valence-corrected chi connectivity index (χ2v) is 14.8. The first-order valence-corrected chi connectivity index (χ1v) is 17.8. The number of hydrogen-bond donors (Lipinski definition) is 4. The first-order chi connectivity index (χ1) is 23.8. The number of rotatable bonds is 11. The van der Waals surface area contributed by atoms with Crippen LogP contribution in [0.1, 0.15) is 108 Å². The summed E-state index contributed by atoms with van der Waals surface area (Å²) in [6.07, 6.45) is 7.91. The maximum absolute atomic E-state index is 13.9. The average Bonchev–Trinajstić information content (AvgIpc) is 3.66. The van der Waals surface area contributed by atoms with Gasteiger partial charge in [-0.25, -0.2) is 0 Å². The molecule has 2 atom stereocenters. The van der Waals surface area contributed by atoms with E-state index >= 15 is 0 Å². The van der Waals surface area contributed by atoms with Crippen LogP contribution in [0.2, 0.25) is 0 Å². The van der Waals surface area contributed by atoms with Crippen LogP contribution in [0.25, 0.3) is 0 Å². The number of carbonyl (C=O) groups excluding carboxylic acids is 3. The molecular weight excluding hydrogens is 618 g/mol. The molecule has 2 heterocycles. The molecule has 4 fully saturated rings. The van der Waals surface area contributed by atoms with Gasteiger partial charge in [0.15, 0.2) is 5.82 Å². The Balaban J connectivity index is 1.21. The molecule has 12 heteroatoms. The average molecular weight is 662 g/mol. The lowest BCUT2D eigenvalue weighted by Gasteiger charge is -2.42. The molecule has 3 amide bonds. The lowest BCUT2D eigenvalue weighted by molar-refractivity contribution is -0.133. The molecule has 0 spiro atoms. The molecule has 4 aliphatic carbocycles. The first kappa shape index (κ1) is 31.6. The van der Waals surface area contributed by atoms with E-state index in [1.54, 1.807) is 0 Å². The summed E-state index contributed by atoms with van der Waals surface area (Å²) in [5, 5.41) is 35.5. The summed E-state index contributed by atoms with van der Waals surface area (Å²) in [5.74, 6) is 0.586. The summed E-state index contributed by atoms with van der Waals surface area (Å²) in [6, 6.07) is 13.7. The van der Waals surface area contributed by atoms with E-state index < -0.39 is 5.41 Å². The molecule has 1 saturated heterocycles. The smallest absolute Gasteiger partial charge is 0.251 e. The van der Waals surface area contributed by atoms with Gasteiger partial charge in [0.25, 0.3) is 11.8 Å². The highest BCUT2D eigenvalue weighted by atomic mass is 16.2. The number of carbonyl (C=O) groups is 3.